The summed E-state index contributed by atoms with van der Waals surface area (Å²) in [5.74, 6) is -0.594. The van der Waals surface area contributed by atoms with Gasteiger partial charge in [0.05, 0.1) is 38.4 Å². The number of para-hydroxylation sites is 2. The Morgan fingerprint density at radius 3 is 0.862 bits per heavy atom. The molecule has 4 aliphatic rings. The normalized spacial score (nSPS) is 16.5. The van der Waals surface area contributed by atoms with Crippen LogP contribution >= 0.6 is 0 Å². The van der Waals surface area contributed by atoms with Crippen LogP contribution in [0, 0.1) is 11.6 Å². The first-order chi connectivity index (χ1) is 53.7. The first kappa shape index (κ1) is 62.4. The topological polar surface area (TPSA) is 32.8 Å². The molecular formula is C103H64F2N2O2. The Bertz CT molecular complexity index is 6470. The van der Waals surface area contributed by atoms with Crippen LogP contribution in [0.4, 0.5) is 42.9 Å². The molecule has 512 valence electrons. The average Bonchev–Trinajstić information content (AvgIpc) is 1.51. The second kappa shape index (κ2) is 23.5. The van der Waals surface area contributed by atoms with Crippen molar-refractivity contribution < 1.29 is 17.6 Å². The smallest absolute Gasteiger partial charge is 0.137 e. The van der Waals surface area contributed by atoms with Gasteiger partial charge in [0, 0.05) is 33.5 Å². The van der Waals surface area contributed by atoms with Gasteiger partial charge in [-0.2, -0.15) is 0 Å². The number of nitrogens with zero attached hydrogens (tertiary/aromatic N) is 2. The second-order valence-electron chi connectivity index (χ2n) is 29.2. The van der Waals surface area contributed by atoms with E-state index in [0.717, 1.165) is 189 Å². The van der Waals surface area contributed by atoms with E-state index in [1.807, 2.05) is 48.6 Å². The lowest BCUT2D eigenvalue weighted by Gasteiger charge is -2.36. The minimum Gasteiger partial charge on any atom is -0.456 e. The third kappa shape index (κ3) is 8.62. The number of fused-ring (bicyclic) bond motifs is 22. The van der Waals surface area contributed by atoms with Gasteiger partial charge in [-0.1, -0.05) is 268 Å². The number of hydrogen-bond acceptors (Lipinski definition) is 4. The van der Waals surface area contributed by atoms with Crippen molar-refractivity contribution in [2.75, 3.05) is 9.80 Å². The molecule has 0 N–H and O–H groups in total. The first-order valence-electron chi connectivity index (χ1n) is 37.1. The van der Waals surface area contributed by atoms with Gasteiger partial charge < -0.3 is 18.6 Å². The van der Waals surface area contributed by atoms with Gasteiger partial charge in [0.1, 0.15) is 34.0 Å². The highest BCUT2D eigenvalue weighted by molar-refractivity contribution is 6.15. The van der Waals surface area contributed by atoms with Crippen molar-refractivity contribution in [3.8, 4) is 44.5 Å². The second-order valence-corrected chi connectivity index (χ2v) is 29.2. The molecule has 109 heavy (non-hydrogen) atoms. The third-order valence-electron chi connectivity index (χ3n) is 24.1. The molecule has 2 atom stereocenters. The number of rotatable bonds is 12. The minimum atomic E-state index is -0.869. The summed E-state index contributed by atoms with van der Waals surface area (Å²) >= 11 is 0. The van der Waals surface area contributed by atoms with Crippen molar-refractivity contribution in [1.82, 2.24) is 0 Å². The zero-order valence-electron chi connectivity index (χ0n) is 59.0. The van der Waals surface area contributed by atoms with Crippen LogP contribution in [-0.2, 0) is 16.2 Å². The Morgan fingerprint density at radius 2 is 0.523 bits per heavy atom. The van der Waals surface area contributed by atoms with Gasteiger partial charge in [-0.3, -0.25) is 0 Å². The van der Waals surface area contributed by atoms with Crippen molar-refractivity contribution in [3.63, 3.8) is 0 Å². The summed E-state index contributed by atoms with van der Waals surface area (Å²) in [5, 5.41) is 3.99. The van der Waals surface area contributed by atoms with E-state index in [0.29, 0.717) is 0 Å². The van der Waals surface area contributed by atoms with E-state index in [-0.39, 0.29) is 11.6 Å². The molecule has 0 aliphatic heterocycles. The van der Waals surface area contributed by atoms with E-state index in [4.69, 9.17) is 8.83 Å². The van der Waals surface area contributed by atoms with Crippen LogP contribution in [0.5, 0.6) is 0 Å². The van der Waals surface area contributed by atoms with E-state index in [2.05, 4.69) is 314 Å². The summed E-state index contributed by atoms with van der Waals surface area (Å²) in [6, 6.07) is 125. The summed E-state index contributed by atoms with van der Waals surface area (Å²) in [7, 11) is 0. The number of halogens is 2. The molecule has 18 aromatic rings. The molecule has 4 nitrogen and oxygen atoms in total. The lowest BCUT2D eigenvalue weighted by atomic mass is 9.67. The van der Waals surface area contributed by atoms with Crippen LogP contribution in [0.1, 0.15) is 77.9 Å². The molecule has 0 saturated carbocycles. The zero-order chi connectivity index (χ0) is 72.4. The van der Waals surface area contributed by atoms with Crippen LogP contribution in [-0.4, -0.2) is 0 Å². The standard InChI is InChI=1S/C103H64F2N2O2/c1-3-63-35-39-65(40-36-63)101(67-43-47-69(104)48-44-67)85-25-11-5-19-75(85)79-55-51-71(59-89(79)101)106(93-29-17-33-97-99(93)83-23-9-15-31-95(83)108-97)73-53-57-81-77-21-7-13-27-87(77)103(91(81)61-73)88-28-14-8-22-78(88)82-58-54-74(62-92(82)103)107(94-30-18-34-98-100(94)84-24-10-16-32-96(84)109-98)72-52-56-80-76-20-6-12-26-86(76)102(90(80)60-72,68-45-49-70(105)50-46-68)66-41-37-64(4-2)38-42-66/h3-62H,1-2H2. The van der Waals surface area contributed by atoms with Crippen molar-refractivity contribution in [2.45, 2.75) is 16.2 Å². The largest absolute Gasteiger partial charge is 0.456 e. The van der Waals surface area contributed by atoms with Crippen molar-refractivity contribution >= 4 is 90.2 Å². The molecule has 6 heteroatoms. The molecule has 1 spiro atoms. The van der Waals surface area contributed by atoms with Gasteiger partial charge in [-0.15, -0.1) is 0 Å². The Balaban J connectivity index is 0.801. The van der Waals surface area contributed by atoms with Crippen molar-refractivity contribution in [2.24, 2.45) is 0 Å². The fourth-order valence-corrected chi connectivity index (χ4v) is 19.7. The van der Waals surface area contributed by atoms with Gasteiger partial charge in [0.15, 0.2) is 0 Å². The molecule has 16 aromatic carbocycles. The SMILES string of the molecule is C=Cc1ccc(C2(c3ccc(F)cc3)c3ccccc3-c3ccc(N(c4ccc5c(c4)C4(c6ccccc6-5)c5ccccc5-c5ccc(N(c6ccc7c(c6)C(c6ccc(F)cc6)(c6ccc(C=C)cc6)c6ccccc6-7)c6cccc7oc8ccccc8c67)cc54)c4cccc5oc6ccccc6c45)cc32)cc1. The minimum absolute atomic E-state index is 0.297. The van der Waals surface area contributed by atoms with Gasteiger partial charge >= 0.3 is 0 Å². The molecular weight excluding hydrogens is 1340 g/mol. The summed E-state index contributed by atoms with van der Waals surface area (Å²) < 4.78 is 44.6. The first-order valence-corrected chi connectivity index (χ1v) is 37.1. The lowest BCUT2D eigenvalue weighted by Crippen LogP contribution is -2.29. The van der Waals surface area contributed by atoms with Gasteiger partial charge in [-0.05, 0) is 232 Å². The molecule has 2 aromatic heterocycles. The van der Waals surface area contributed by atoms with E-state index in [1.165, 1.54) is 11.1 Å². The lowest BCUT2D eigenvalue weighted by molar-refractivity contribution is 0.624. The van der Waals surface area contributed by atoms with E-state index in [9.17, 15) is 0 Å². The van der Waals surface area contributed by atoms with Crippen molar-refractivity contribution in [3.05, 3.63) is 455 Å². The third-order valence-corrected chi connectivity index (χ3v) is 24.1. The maximum absolute atomic E-state index is 15.5. The summed E-state index contributed by atoms with van der Waals surface area (Å²) in [5.41, 5.74) is 30.4. The molecule has 0 saturated heterocycles. The summed E-state index contributed by atoms with van der Waals surface area (Å²) in [6.45, 7) is 8.28. The molecule has 0 amide bonds. The summed E-state index contributed by atoms with van der Waals surface area (Å²) in [6.07, 6.45) is 3.76. The molecule has 2 heterocycles. The molecule has 0 fully saturated rings. The molecule has 4 aliphatic carbocycles. The monoisotopic (exact) mass is 1400 g/mol. The zero-order valence-corrected chi connectivity index (χ0v) is 59.0. The Labute approximate surface area is 628 Å². The van der Waals surface area contributed by atoms with Crippen LogP contribution in [0.3, 0.4) is 0 Å². The molecule has 0 radical (unpaired) electrons. The predicted molar refractivity (Wildman–Crippen MR) is 441 cm³/mol. The van der Waals surface area contributed by atoms with Crippen LogP contribution in [0.25, 0.3) is 101 Å². The average molecular weight is 1400 g/mol. The van der Waals surface area contributed by atoms with Crippen LogP contribution < -0.4 is 9.80 Å². The summed E-state index contributed by atoms with van der Waals surface area (Å²) in [4.78, 5) is 4.89. The fourth-order valence-electron chi connectivity index (χ4n) is 19.7. The van der Waals surface area contributed by atoms with E-state index in [1.54, 1.807) is 24.3 Å². The quantitative estimate of drug-likeness (QED) is 0.122. The van der Waals surface area contributed by atoms with Gasteiger partial charge in [0.2, 0.25) is 0 Å². The van der Waals surface area contributed by atoms with E-state index < -0.39 is 16.2 Å². The Hall–Kier alpha value is -13.9. The van der Waals surface area contributed by atoms with Crippen molar-refractivity contribution in [1.29, 1.82) is 0 Å². The van der Waals surface area contributed by atoms with Crippen LogP contribution in [0.15, 0.2) is 374 Å². The van der Waals surface area contributed by atoms with Gasteiger partial charge in [0.25, 0.3) is 0 Å². The number of benzene rings is 16. The number of hydrogen-bond donors (Lipinski definition) is 0. The van der Waals surface area contributed by atoms with E-state index >= 15 is 8.78 Å². The Morgan fingerprint density at radius 1 is 0.248 bits per heavy atom. The predicted octanol–water partition coefficient (Wildman–Crippen LogP) is 27.1. The van der Waals surface area contributed by atoms with Gasteiger partial charge in [-0.25, -0.2) is 8.78 Å². The molecule has 22 rings (SSSR count). The highest BCUT2D eigenvalue weighted by atomic mass is 19.1. The van der Waals surface area contributed by atoms with Crippen LogP contribution in [0.2, 0.25) is 0 Å². The highest BCUT2D eigenvalue weighted by Gasteiger charge is 2.53. The number of anilines is 6. The fraction of sp³-hybridized carbons (Fsp3) is 0.0291. The maximum Gasteiger partial charge on any atom is 0.137 e. The number of furan rings is 2. The Kier molecular flexibility index (Phi) is 13.5. The molecule has 2 unspecified atom stereocenters. The molecule has 0 bridgehead atoms. The highest BCUT2D eigenvalue weighted by Crippen LogP contribution is 2.66. The maximum atomic E-state index is 15.5.